The van der Waals surface area contributed by atoms with E-state index in [1.54, 1.807) is 11.6 Å². The van der Waals surface area contributed by atoms with E-state index in [1.165, 1.54) is 29.8 Å². The van der Waals surface area contributed by atoms with E-state index < -0.39 is 0 Å². The zero-order valence-corrected chi connectivity index (χ0v) is 9.82. The highest BCUT2D eigenvalue weighted by Crippen LogP contribution is 2.21. The first-order valence-electron chi connectivity index (χ1n) is 4.17. The maximum atomic E-state index is 11.8. The minimum Gasteiger partial charge on any atom is -0.473 e. The SMILES string of the molecule is COc1nc(C(=O)c2cnc(C)s2)cs1. The van der Waals surface area contributed by atoms with Crippen molar-refractivity contribution in [2.75, 3.05) is 7.11 Å². The van der Waals surface area contributed by atoms with Gasteiger partial charge in [-0.3, -0.25) is 4.79 Å². The molecule has 4 nitrogen and oxygen atoms in total. The van der Waals surface area contributed by atoms with E-state index >= 15 is 0 Å². The zero-order chi connectivity index (χ0) is 10.8. The molecular formula is C9H8N2O2S2. The predicted molar refractivity (Wildman–Crippen MR) is 58.9 cm³/mol. The normalized spacial score (nSPS) is 10.3. The van der Waals surface area contributed by atoms with Gasteiger partial charge in [0.05, 0.1) is 17.0 Å². The maximum absolute atomic E-state index is 11.8. The summed E-state index contributed by atoms with van der Waals surface area (Å²) in [5, 5.41) is 3.07. The number of ether oxygens (including phenoxy) is 1. The summed E-state index contributed by atoms with van der Waals surface area (Å²) in [5.74, 6) is -0.0971. The molecule has 0 aliphatic carbocycles. The van der Waals surface area contributed by atoms with E-state index in [0.29, 0.717) is 15.8 Å². The molecule has 6 heteroatoms. The average Bonchev–Trinajstić information content (AvgIpc) is 2.84. The Labute approximate surface area is 94.6 Å². The lowest BCUT2D eigenvalue weighted by Gasteiger charge is -1.90. The lowest BCUT2D eigenvalue weighted by atomic mass is 10.3. The van der Waals surface area contributed by atoms with Gasteiger partial charge in [0.1, 0.15) is 5.69 Å². The molecule has 0 aromatic carbocycles. The van der Waals surface area contributed by atoms with Gasteiger partial charge in [-0.15, -0.1) is 11.3 Å². The van der Waals surface area contributed by atoms with E-state index in [1.807, 2.05) is 6.92 Å². The number of hydrogen-bond donors (Lipinski definition) is 0. The molecule has 0 spiro atoms. The number of aryl methyl sites for hydroxylation is 1. The minimum atomic E-state index is -0.0971. The largest absolute Gasteiger partial charge is 0.473 e. The van der Waals surface area contributed by atoms with Crippen LogP contribution in [-0.2, 0) is 0 Å². The Kier molecular flexibility index (Phi) is 2.79. The Balaban J connectivity index is 2.28. The van der Waals surface area contributed by atoms with Crippen LogP contribution in [0.2, 0.25) is 0 Å². The molecule has 0 aliphatic rings. The molecule has 0 amide bonds. The first kappa shape index (κ1) is 10.3. The number of thiazole rings is 2. The number of hydrogen-bond acceptors (Lipinski definition) is 6. The summed E-state index contributed by atoms with van der Waals surface area (Å²) in [7, 11) is 1.53. The van der Waals surface area contributed by atoms with Gasteiger partial charge in [0, 0.05) is 11.6 Å². The lowest BCUT2D eigenvalue weighted by Crippen LogP contribution is -1.98. The van der Waals surface area contributed by atoms with Crippen LogP contribution in [0.5, 0.6) is 5.19 Å². The Morgan fingerprint density at radius 1 is 1.53 bits per heavy atom. The second kappa shape index (κ2) is 4.08. The third-order valence-electron chi connectivity index (χ3n) is 1.74. The van der Waals surface area contributed by atoms with Gasteiger partial charge in [-0.2, -0.15) is 4.98 Å². The minimum absolute atomic E-state index is 0.0971. The maximum Gasteiger partial charge on any atom is 0.273 e. The second-order valence-electron chi connectivity index (χ2n) is 2.78. The van der Waals surface area contributed by atoms with Crippen LogP contribution in [0.1, 0.15) is 20.4 Å². The molecule has 78 valence electrons. The summed E-state index contributed by atoms with van der Waals surface area (Å²) in [6, 6.07) is 0. The molecular weight excluding hydrogens is 232 g/mol. The number of nitrogens with zero attached hydrogens (tertiary/aromatic N) is 2. The fourth-order valence-electron chi connectivity index (χ4n) is 1.05. The number of methoxy groups -OCH3 is 1. The highest BCUT2D eigenvalue weighted by molar-refractivity contribution is 7.14. The molecule has 0 saturated carbocycles. The molecule has 0 fully saturated rings. The molecule has 15 heavy (non-hydrogen) atoms. The van der Waals surface area contributed by atoms with Crippen molar-refractivity contribution in [2.24, 2.45) is 0 Å². The van der Waals surface area contributed by atoms with Crippen LogP contribution in [0.4, 0.5) is 0 Å². The highest BCUT2D eigenvalue weighted by Gasteiger charge is 2.15. The van der Waals surface area contributed by atoms with E-state index in [4.69, 9.17) is 4.74 Å². The molecule has 2 aromatic rings. The predicted octanol–water partition coefficient (Wildman–Crippen LogP) is 2.15. The quantitative estimate of drug-likeness (QED) is 0.771. The summed E-state index contributed by atoms with van der Waals surface area (Å²) in [6.45, 7) is 1.86. The highest BCUT2D eigenvalue weighted by atomic mass is 32.1. The van der Waals surface area contributed by atoms with Crippen LogP contribution in [-0.4, -0.2) is 22.9 Å². The molecule has 0 unspecified atom stereocenters. The van der Waals surface area contributed by atoms with Crippen molar-refractivity contribution in [2.45, 2.75) is 6.92 Å². The monoisotopic (exact) mass is 240 g/mol. The Morgan fingerprint density at radius 2 is 2.33 bits per heavy atom. The number of carbonyl (C=O) groups is 1. The van der Waals surface area contributed by atoms with Crippen molar-refractivity contribution >= 4 is 28.5 Å². The van der Waals surface area contributed by atoms with Crippen LogP contribution in [0.3, 0.4) is 0 Å². The second-order valence-corrected chi connectivity index (χ2v) is 4.83. The third-order valence-corrected chi connectivity index (χ3v) is 3.45. The van der Waals surface area contributed by atoms with Gasteiger partial charge in [0.2, 0.25) is 5.78 Å². The van der Waals surface area contributed by atoms with Crippen molar-refractivity contribution in [1.29, 1.82) is 0 Å². The standard InChI is InChI=1S/C9H8N2O2S2/c1-5-10-3-7(15-5)8(12)6-4-14-9(11-6)13-2/h3-4H,1-2H3. The summed E-state index contributed by atoms with van der Waals surface area (Å²) in [4.78, 5) is 20.5. The number of ketones is 1. The van der Waals surface area contributed by atoms with E-state index in [-0.39, 0.29) is 5.78 Å². The smallest absolute Gasteiger partial charge is 0.273 e. The molecule has 2 aromatic heterocycles. The number of rotatable bonds is 3. The van der Waals surface area contributed by atoms with Gasteiger partial charge in [-0.05, 0) is 6.92 Å². The molecule has 0 N–H and O–H groups in total. The van der Waals surface area contributed by atoms with Crippen molar-refractivity contribution in [3.8, 4) is 5.19 Å². The van der Waals surface area contributed by atoms with Gasteiger partial charge in [0.15, 0.2) is 0 Å². The Morgan fingerprint density at radius 3 is 2.87 bits per heavy atom. The first-order chi connectivity index (χ1) is 7.20. The lowest BCUT2D eigenvalue weighted by molar-refractivity contribution is 0.103. The Bertz CT molecular complexity index is 490. The average molecular weight is 240 g/mol. The van der Waals surface area contributed by atoms with Crippen LogP contribution >= 0.6 is 22.7 Å². The van der Waals surface area contributed by atoms with Crippen LogP contribution in [0.15, 0.2) is 11.6 Å². The van der Waals surface area contributed by atoms with Crippen LogP contribution in [0.25, 0.3) is 0 Å². The van der Waals surface area contributed by atoms with Gasteiger partial charge in [0.25, 0.3) is 5.19 Å². The summed E-state index contributed by atoms with van der Waals surface area (Å²) >= 11 is 2.68. The molecule has 0 saturated heterocycles. The molecule has 2 heterocycles. The molecule has 0 bridgehead atoms. The fraction of sp³-hybridized carbons (Fsp3) is 0.222. The van der Waals surface area contributed by atoms with Crippen molar-refractivity contribution in [1.82, 2.24) is 9.97 Å². The summed E-state index contributed by atoms with van der Waals surface area (Å²) < 4.78 is 4.93. The topological polar surface area (TPSA) is 52.1 Å². The third kappa shape index (κ3) is 2.05. The van der Waals surface area contributed by atoms with Gasteiger partial charge in [-0.25, -0.2) is 4.98 Å². The van der Waals surface area contributed by atoms with Crippen LogP contribution < -0.4 is 4.74 Å². The van der Waals surface area contributed by atoms with E-state index in [2.05, 4.69) is 9.97 Å². The van der Waals surface area contributed by atoms with Crippen molar-refractivity contribution in [3.05, 3.63) is 27.2 Å². The molecule has 0 atom stereocenters. The molecule has 0 aliphatic heterocycles. The van der Waals surface area contributed by atoms with Crippen LogP contribution in [0, 0.1) is 6.92 Å². The molecule has 2 rings (SSSR count). The zero-order valence-electron chi connectivity index (χ0n) is 8.18. The van der Waals surface area contributed by atoms with Crippen molar-refractivity contribution in [3.63, 3.8) is 0 Å². The van der Waals surface area contributed by atoms with Gasteiger partial charge in [-0.1, -0.05) is 11.3 Å². The fourth-order valence-corrected chi connectivity index (χ4v) is 2.39. The number of aromatic nitrogens is 2. The van der Waals surface area contributed by atoms with E-state index in [9.17, 15) is 4.79 Å². The summed E-state index contributed by atoms with van der Waals surface area (Å²) in [6.07, 6.45) is 1.58. The Hall–Kier alpha value is -1.27. The molecule has 0 radical (unpaired) electrons. The van der Waals surface area contributed by atoms with Crippen molar-refractivity contribution < 1.29 is 9.53 Å². The van der Waals surface area contributed by atoms with Gasteiger partial charge < -0.3 is 4.74 Å². The van der Waals surface area contributed by atoms with Gasteiger partial charge >= 0.3 is 0 Å². The summed E-state index contributed by atoms with van der Waals surface area (Å²) in [5.41, 5.74) is 0.417. The van der Waals surface area contributed by atoms with E-state index in [0.717, 1.165) is 5.01 Å². The number of carbonyl (C=O) groups excluding carboxylic acids is 1. The first-order valence-corrected chi connectivity index (χ1v) is 5.87.